The Labute approximate surface area is 99.4 Å². The lowest BCUT2D eigenvalue weighted by Gasteiger charge is -2.19. The van der Waals surface area contributed by atoms with E-state index in [1.807, 2.05) is 0 Å². The molecular formula is C10H12BNO3S. The Morgan fingerprint density at radius 2 is 2.06 bits per heavy atom. The molecule has 16 heavy (non-hydrogen) atoms. The number of hydrogen-bond donors (Lipinski definition) is 3. The normalized spacial score (nSPS) is 20.3. The molecule has 2 rings (SSSR count). The highest BCUT2D eigenvalue weighted by molar-refractivity contribution is 7.81. The lowest BCUT2D eigenvalue weighted by Crippen LogP contribution is -2.37. The van der Waals surface area contributed by atoms with E-state index < -0.39 is 7.12 Å². The molecule has 1 fully saturated rings. The number of carbonyl (C=O) groups excluding carboxylic acids is 1. The highest BCUT2D eigenvalue weighted by Crippen LogP contribution is 2.22. The summed E-state index contributed by atoms with van der Waals surface area (Å²) in [5, 5.41) is 18.4. The van der Waals surface area contributed by atoms with Gasteiger partial charge >= 0.3 is 7.12 Å². The van der Waals surface area contributed by atoms with Crippen LogP contribution in [-0.2, 0) is 4.79 Å². The largest absolute Gasteiger partial charge is 0.490 e. The van der Waals surface area contributed by atoms with Crippen molar-refractivity contribution in [2.24, 2.45) is 0 Å². The van der Waals surface area contributed by atoms with Gasteiger partial charge in [0.2, 0.25) is 5.91 Å². The van der Waals surface area contributed by atoms with Gasteiger partial charge in [-0.25, -0.2) is 0 Å². The van der Waals surface area contributed by atoms with Gasteiger partial charge in [0.15, 0.2) is 0 Å². The van der Waals surface area contributed by atoms with Gasteiger partial charge in [0, 0.05) is 29.4 Å². The molecule has 1 heterocycles. The van der Waals surface area contributed by atoms with Crippen LogP contribution in [0.25, 0.3) is 0 Å². The van der Waals surface area contributed by atoms with Gasteiger partial charge in [-0.15, -0.1) is 0 Å². The van der Waals surface area contributed by atoms with E-state index in [4.69, 9.17) is 0 Å². The van der Waals surface area contributed by atoms with E-state index >= 15 is 0 Å². The molecule has 2 N–H and O–H groups in total. The first kappa shape index (κ1) is 11.5. The van der Waals surface area contributed by atoms with Crippen LogP contribution in [0, 0.1) is 0 Å². The Morgan fingerprint density at radius 1 is 1.38 bits per heavy atom. The third kappa shape index (κ3) is 2.09. The summed E-state index contributed by atoms with van der Waals surface area (Å²) in [6.45, 7) is 0.506. The molecule has 1 atom stereocenters. The van der Waals surface area contributed by atoms with Gasteiger partial charge < -0.3 is 14.9 Å². The molecule has 1 aliphatic heterocycles. The number of para-hydroxylation sites is 1. The average Bonchev–Trinajstić information content (AvgIpc) is 2.57. The van der Waals surface area contributed by atoms with E-state index in [1.54, 1.807) is 29.2 Å². The van der Waals surface area contributed by atoms with E-state index in [0.717, 1.165) is 0 Å². The lowest BCUT2D eigenvalue weighted by atomic mass is 9.79. The molecule has 0 bridgehead atoms. The van der Waals surface area contributed by atoms with Gasteiger partial charge in [-0.1, -0.05) is 18.2 Å². The summed E-state index contributed by atoms with van der Waals surface area (Å²) >= 11 is 4.26. The quantitative estimate of drug-likeness (QED) is 0.475. The number of hydrogen-bond acceptors (Lipinski definition) is 4. The number of rotatable bonds is 2. The second-order valence-electron chi connectivity index (χ2n) is 3.79. The zero-order valence-corrected chi connectivity index (χ0v) is 9.47. The summed E-state index contributed by atoms with van der Waals surface area (Å²) in [5.74, 6) is -0.0342. The van der Waals surface area contributed by atoms with Crippen molar-refractivity contribution in [1.82, 2.24) is 0 Å². The van der Waals surface area contributed by atoms with Crippen LogP contribution in [0.5, 0.6) is 0 Å². The van der Waals surface area contributed by atoms with E-state index in [2.05, 4.69) is 12.6 Å². The summed E-state index contributed by atoms with van der Waals surface area (Å²) in [6, 6.07) is 6.77. The zero-order valence-electron chi connectivity index (χ0n) is 8.58. The molecule has 4 nitrogen and oxygen atoms in total. The molecule has 1 unspecified atom stereocenters. The molecule has 0 radical (unpaired) electrons. The molecular weight excluding hydrogens is 225 g/mol. The molecule has 1 aliphatic rings. The Kier molecular flexibility index (Phi) is 3.23. The smallest absolute Gasteiger partial charge is 0.423 e. The van der Waals surface area contributed by atoms with E-state index in [0.29, 0.717) is 24.1 Å². The first-order valence-corrected chi connectivity index (χ1v) is 5.54. The number of carbonyl (C=O) groups is 1. The zero-order chi connectivity index (χ0) is 11.7. The van der Waals surface area contributed by atoms with Crippen LogP contribution in [0.3, 0.4) is 0 Å². The molecule has 1 aromatic rings. The molecule has 84 valence electrons. The van der Waals surface area contributed by atoms with Crippen LogP contribution >= 0.6 is 12.6 Å². The van der Waals surface area contributed by atoms with E-state index in [-0.39, 0.29) is 11.2 Å². The van der Waals surface area contributed by atoms with Crippen LogP contribution in [-0.4, -0.2) is 34.9 Å². The van der Waals surface area contributed by atoms with Gasteiger partial charge in [0.05, 0.1) is 0 Å². The molecule has 1 amide bonds. The molecule has 6 heteroatoms. The predicted molar refractivity (Wildman–Crippen MR) is 66.0 cm³/mol. The number of thiol groups is 1. The first-order valence-electron chi connectivity index (χ1n) is 5.03. The molecule has 0 aliphatic carbocycles. The minimum absolute atomic E-state index is 0.0105. The maximum atomic E-state index is 11.7. The van der Waals surface area contributed by atoms with Crippen LogP contribution in [0.1, 0.15) is 6.42 Å². The van der Waals surface area contributed by atoms with Crippen molar-refractivity contribution in [2.75, 3.05) is 11.4 Å². The van der Waals surface area contributed by atoms with Gasteiger partial charge in [-0.2, -0.15) is 12.6 Å². The summed E-state index contributed by atoms with van der Waals surface area (Å²) in [4.78, 5) is 13.2. The minimum atomic E-state index is -1.57. The van der Waals surface area contributed by atoms with Crippen molar-refractivity contribution in [3.8, 4) is 0 Å². The van der Waals surface area contributed by atoms with Crippen LogP contribution < -0.4 is 10.4 Å². The molecule has 0 saturated carbocycles. The molecule has 0 spiro atoms. The van der Waals surface area contributed by atoms with Crippen molar-refractivity contribution in [1.29, 1.82) is 0 Å². The monoisotopic (exact) mass is 237 g/mol. The highest BCUT2D eigenvalue weighted by atomic mass is 32.1. The van der Waals surface area contributed by atoms with Crippen LogP contribution in [0.4, 0.5) is 5.69 Å². The Balaban J connectivity index is 2.36. The first-order chi connectivity index (χ1) is 7.59. The topological polar surface area (TPSA) is 60.8 Å². The second-order valence-corrected chi connectivity index (χ2v) is 4.53. The summed E-state index contributed by atoms with van der Waals surface area (Å²) < 4.78 is 0. The van der Waals surface area contributed by atoms with Crippen molar-refractivity contribution in [2.45, 2.75) is 11.7 Å². The van der Waals surface area contributed by atoms with Gasteiger partial charge in [-0.3, -0.25) is 4.79 Å². The number of amides is 1. The fraction of sp³-hybridized carbons (Fsp3) is 0.300. The Morgan fingerprint density at radius 3 is 2.62 bits per heavy atom. The third-order valence-electron chi connectivity index (χ3n) is 2.61. The van der Waals surface area contributed by atoms with E-state index in [9.17, 15) is 14.8 Å². The van der Waals surface area contributed by atoms with Crippen molar-refractivity contribution >= 4 is 36.8 Å². The van der Waals surface area contributed by atoms with Crippen LogP contribution in [0.2, 0.25) is 0 Å². The summed E-state index contributed by atoms with van der Waals surface area (Å²) in [7, 11) is -1.57. The third-order valence-corrected chi connectivity index (χ3v) is 2.96. The van der Waals surface area contributed by atoms with E-state index in [1.165, 1.54) is 0 Å². The van der Waals surface area contributed by atoms with Crippen molar-refractivity contribution < 1.29 is 14.8 Å². The summed E-state index contributed by atoms with van der Waals surface area (Å²) in [6.07, 6.45) is 0.388. The Bertz CT molecular complexity index is 413. The second kappa shape index (κ2) is 4.49. The molecule has 0 aromatic heterocycles. The predicted octanol–water partition coefficient (Wildman–Crippen LogP) is -0.599. The average molecular weight is 237 g/mol. The number of anilines is 1. The van der Waals surface area contributed by atoms with Gasteiger partial charge in [0.1, 0.15) is 0 Å². The Hall–Kier alpha value is -0.975. The molecule has 1 aromatic carbocycles. The van der Waals surface area contributed by atoms with Crippen molar-refractivity contribution in [3.63, 3.8) is 0 Å². The van der Waals surface area contributed by atoms with Crippen molar-refractivity contribution in [3.05, 3.63) is 24.3 Å². The fourth-order valence-corrected chi connectivity index (χ4v) is 2.19. The van der Waals surface area contributed by atoms with Crippen LogP contribution in [0.15, 0.2) is 24.3 Å². The maximum absolute atomic E-state index is 11.7. The molecule has 1 saturated heterocycles. The minimum Gasteiger partial charge on any atom is -0.423 e. The number of nitrogens with zero attached hydrogens (tertiary/aromatic N) is 1. The fourth-order valence-electron chi connectivity index (χ4n) is 1.87. The maximum Gasteiger partial charge on any atom is 0.490 e. The summed E-state index contributed by atoms with van der Waals surface area (Å²) in [5.41, 5.74) is 0.900. The highest BCUT2D eigenvalue weighted by Gasteiger charge is 2.31. The lowest BCUT2D eigenvalue weighted by molar-refractivity contribution is -0.117. The van der Waals surface area contributed by atoms with Gasteiger partial charge in [-0.05, 0) is 6.07 Å². The number of benzene rings is 1. The standard InChI is InChI=1S/C10H12BNO3S/c13-10-5-7(16)6-12(10)9-4-2-1-3-8(9)11(14)15/h1-4,7,14-16H,5-6H2. The van der Waals surface area contributed by atoms with Gasteiger partial charge in [0.25, 0.3) is 0 Å². The SMILES string of the molecule is O=C1CC(S)CN1c1ccccc1B(O)O.